The Morgan fingerprint density at radius 1 is 1.17 bits per heavy atom. The lowest BCUT2D eigenvalue weighted by Crippen LogP contribution is -2.46. The molecule has 1 aliphatic carbocycles. The van der Waals surface area contributed by atoms with Gasteiger partial charge in [-0.1, -0.05) is 17.7 Å². The zero-order valence-electron chi connectivity index (χ0n) is 22.8. The van der Waals surface area contributed by atoms with Gasteiger partial charge in [0.05, 0.1) is 37.2 Å². The third-order valence-corrected chi connectivity index (χ3v) is 8.71. The number of anilines is 4. The van der Waals surface area contributed by atoms with E-state index in [-0.39, 0.29) is 63.0 Å². The standard InChI is InChI=1S/C29H31ClF2N6O4/c30-22-13-33-38-25-10-24(35-28(22)38)36-15-21(9-20(36)16-39)41-5-1-2-6-42-23-8-19(34-25)7-18-3-4-26(40)37(27(18)23)14-17-11-29(31,32)12-17/h1-2,7-8,10,13,17,20-21,34,39H,3-6,9,11-12,14-16H2/b2-1+/t20-,21-/m0/s1. The number of aliphatic hydroxyl groups is 1. The van der Waals surface area contributed by atoms with E-state index < -0.39 is 5.92 Å². The summed E-state index contributed by atoms with van der Waals surface area (Å²) in [5, 5.41) is 18.4. The van der Waals surface area contributed by atoms with Crippen LogP contribution in [0.3, 0.4) is 0 Å². The number of nitrogens with one attached hydrogen (secondary N) is 1. The second-order valence-electron chi connectivity index (χ2n) is 11.4. The molecule has 2 N–H and O–H groups in total. The molecule has 0 radical (unpaired) electrons. The minimum absolute atomic E-state index is 0.0476. The van der Waals surface area contributed by atoms with Crippen molar-refractivity contribution in [1.82, 2.24) is 14.6 Å². The van der Waals surface area contributed by atoms with Crippen LogP contribution in [0.4, 0.5) is 31.8 Å². The molecule has 0 unspecified atom stereocenters. The van der Waals surface area contributed by atoms with Gasteiger partial charge in [0.1, 0.15) is 29.0 Å². The number of aliphatic hydroxyl groups excluding tert-OH is 1. The third kappa shape index (κ3) is 5.05. The first kappa shape index (κ1) is 27.4. The Morgan fingerprint density at radius 2 is 2.00 bits per heavy atom. The summed E-state index contributed by atoms with van der Waals surface area (Å²) >= 11 is 6.47. The molecule has 2 fully saturated rings. The predicted molar refractivity (Wildman–Crippen MR) is 153 cm³/mol. The smallest absolute Gasteiger partial charge is 0.248 e. The molecule has 1 aromatic carbocycles. The molecule has 7 rings (SSSR count). The van der Waals surface area contributed by atoms with Gasteiger partial charge in [0.15, 0.2) is 5.65 Å². The van der Waals surface area contributed by atoms with E-state index >= 15 is 0 Å². The Balaban J connectivity index is 1.30. The maximum Gasteiger partial charge on any atom is 0.248 e. The van der Waals surface area contributed by atoms with E-state index in [4.69, 9.17) is 26.1 Å². The minimum Gasteiger partial charge on any atom is -0.487 e. The van der Waals surface area contributed by atoms with Gasteiger partial charge in [0.2, 0.25) is 11.8 Å². The molecule has 42 heavy (non-hydrogen) atoms. The number of hydrogen-bond acceptors (Lipinski definition) is 8. The highest BCUT2D eigenvalue weighted by atomic mass is 35.5. The Kier molecular flexibility index (Phi) is 6.94. The molecule has 3 aromatic rings. The number of benzene rings is 1. The number of fused-ring (bicyclic) bond motifs is 11. The molecule has 2 aromatic heterocycles. The van der Waals surface area contributed by atoms with Crippen molar-refractivity contribution in [3.8, 4) is 5.75 Å². The Morgan fingerprint density at radius 3 is 2.81 bits per heavy atom. The summed E-state index contributed by atoms with van der Waals surface area (Å²) in [5.41, 5.74) is 2.69. The molecule has 4 aliphatic rings. The Labute approximate surface area is 245 Å². The molecule has 0 spiro atoms. The molecule has 2 atom stereocenters. The van der Waals surface area contributed by atoms with Gasteiger partial charge in [0, 0.05) is 50.2 Å². The van der Waals surface area contributed by atoms with Crippen LogP contribution in [0.1, 0.15) is 31.2 Å². The number of amides is 1. The highest BCUT2D eigenvalue weighted by Gasteiger charge is 2.47. The lowest BCUT2D eigenvalue weighted by molar-refractivity contribution is -0.123. The van der Waals surface area contributed by atoms with E-state index in [1.807, 2.05) is 35.3 Å². The van der Waals surface area contributed by atoms with Crippen LogP contribution in [0.2, 0.25) is 5.02 Å². The summed E-state index contributed by atoms with van der Waals surface area (Å²) in [4.78, 5) is 21.5. The van der Waals surface area contributed by atoms with Crippen LogP contribution in [-0.4, -0.2) is 76.6 Å². The normalized spacial score (nSPS) is 24.6. The van der Waals surface area contributed by atoms with Crippen molar-refractivity contribution in [2.24, 2.45) is 5.92 Å². The fraction of sp³-hybridized carbons (Fsp3) is 0.483. The molecule has 5 heterocycles. The quantitative estimate of drug-likeness (QED) is 0.428. The number of ether oxygens (including phenoxy) is 2. The highest BCUT2D eigenvalue weighted by molar-refractivity contribution is 6.33. The Bertz CT molecular complexity index is 1560. The predicted octanol–water partition coefficient (Wildman–Crippen LogP) is 4.36. The first-order chi connectivity index (χ1) is 20.3. The van der Waals surface area contributed by atoms with Crippen LogP contribution in [0, 0.1) is 5.92 Å². The van der Waals surface area contributed by atoms with Crippen molar-refractivity contribution in [2.75, 3.05) is 48.0 Å². The van der Waals surface area contributed by atoms with Gasteiger partial charge in [-0.25, -0.2) is 13.8 Å². The molecular formula is C29H31ClF2N6O4. The van der Waals surface area contributed by atoms with Crippen LogP contribution >= 0.6 is 11.6 Å². The van der Waals surface area contributed by atoms with E-state index in [1.165, 1.54) is 6.20 Å². The van der Waals surface area contributed by atoms with Crippen LogP contribution in [0.25, 0.3) is 5.65 Å². The number of aromatic nitrogens is 3. The van der Waals surface area contributed by atoms with Crippen LogP contribution in [0.15, 0.2) is 36.5 Å². The molecule has 10 nitrogen and oxygen atoms in total. The molecule has 1 saturated heterocycles. The average molecular weight is 601 g/mol. The van der Waals surface area contributed by atoms with Gasteiger partial charge in [-0.3, -0.25) is 4.79 Å². The average Bonchev–Trinajstić information content (AvgIpc) is 3.54. The number of rotatable bonds is 3. The topological polar surface area (TPSA) is 104 Å². The van der Waals surface area contributed by atoms with Crippen molar-refractivity contribution in [3.63, 3.8) is 0 Å². The summed E-state index contributed by atoms with van der Waals surface area (Å²) in [6, 6.07) is 5.47. The zero-order valence-corrected chi connectivity index (χ0v) is 23.6. The number of nitrogens with zero attached hydrogens (tertiary/aromatic N) is 5. The lowest BCUT2D eigenvalue weighted by Gasteiger charge is -2.40. The van der Waals surface area contributed by atoms with Crippen LogP contribution in [-0.2, 0) is 16.0 Å². The Hall–Kier alpha value is -3.48. The second kappa shape index (κ2) is 10.7. The number of alkyl halides is 2. The number of halogens is 3. The van der Waals surface area contributed by atoms with Gasteiger partial charge in [-0.2, -0.15) is 9.61 Å². The van der Waals surface area contributed by atoms with E-state index in [1.54, 1.807) is 9.42 Å². The summed E-state index contributed by atoms with van der Waals surface area (Å²) in [5.74, 6) is -1.30. The first-order valence-electron chi connectivity index (χ1n) is 14.2. The maximum absolute atomic E-state index is 13.6. The highest BCUT2D eigenvalue weighted by Crippen LogP contribution is 2.46. The van der Waals surface area contributed by atoms with Crippen molar-refractivity contribution in [2.45, 2.75) is 50.2 Å². The van der Waals surface area contributed by atoms with Crippen LogP contribution in [0.5, 0.6) is 5.75 Å². The van der Waals surface area contributed by atoms with Crippen molar-refractivity contribution >= 4 is 46.2 Å². The number of aryl methyl sites for hydroxylation is 1. The zero-order chi connectivity index (χ0) is 29.0. The third-order valence-electron chi connectivity index (χ3n) is 8.45. The monoisotopic (exact) mass is 600 g/mol. The fourth-order valence-corrected chi connectivity index (χ4v) is 6.60. The SMILES string of the molecule is O=C1CCc2cc3cc(c2N1CC1CC(F)(F)C1)OC/C=C/CO[C@H]1C[C@@H](CO)N(C1)c1cc(n2ncc(Cl)c2n1)N3. The van der Waals surface area contributed by atoms with E-state index in [9.17, 15) is 18.7 Å². The van der Waals surface area contributed by atoms with Gasteiger partial charge in [-0.15, -0.1) is 0 Å². The van der Waals surface area contributed by atoms with Gasteiger partial charge in [0.25, 0.3) is 0 Å². The number of hydrogen-bond donors (Lipinski definition) is 2. The van der Waals surface area contributed by atoms with E-state index in [0.717, 1.165) is 5.56 Å². The fourth-order valence-electron chi connectivity index (χ4n) is 6.43. The molecule has 222 valence electrons. The molecule has 13 heteroatoms. The number of carbonyl (C=O) groups is 1. The first-order valence-corrected chi connectivity index (χ1v) is 14.6. The molecular weight excluding hydrogens is 570 g/mol. The molecule has 6 bridgehead atoms. The summed E-state index contributed by atoms with van der Waals surface area (Å²) < 4.78 is 41.2. The summed E-state index contributed by atoms with van der Waals surface area (Å²) in [7, 11) is 0. The number of carbonyl (C=O) groups excluding carboxylic acids is 1. The van der Waals surface area contributed by atoms with Gasteiger partial charge >= 0.3 is 0 Å². The molecule has 1 amide bonds. The summed E-state index contributed by atoms with van der Waals surface area (Å²) in [6.07, 6.45) is 6.16. The van der Waals surface area contributed by atoms with Crippen molar-refractivity contribution in [3.05, 3.63) is 47.1 Å². The van der Waals surface area contributed by atoms with Gasteiger partial charge in [-0.05, 0) is 36.5 Å². The lowest BCUT2D eigenvalue weighted by atomic mass is 9.80. The van der Waals surface area contributed by atoms with Crippen molar-refractivity contribution in [1.29, 1.82) is 0 Å². The molecule has 3 aliphatic heterocycles. The van der Waals surface area contributed by atoms with E-state index in [0.29, 0.717) is 65.4 Å². The minimum atomic E-state index is -2.66. The molecule has 1 saturated carbocycles. The van der Waals surface area contributed by atoms with Crippen molar-refractivity contribution < 1.29 is 28.2 Å². The van der Waals surface area contributed by atoms with Crippen LogP contribution < -0.4 is 19.9 Å². The second-order valence-corrected chi connectivity index (χ2v) is 11.8. The van der Waals surface area contributed by atoms with E-state index in [2.05, 4.69) is 10.4 Å². The van der Waals surface area contributed by atoms with Gasteiger partial charge < -0.3 is 29.7 Å². The largest absolute Gasteiger partial charge is 0.487 e. The maximum atomic E-state index is 13.6. The summed E-state index contributed by atoms with van der Waals surface area (Å²) in [6.45, 7) is 1.35.